The van der Waals surface area contributed by atoms with Crippen LogP contribution in [0.15, 0.2) is 9.90 Å². The van der Waals surface area contributed by atoms with Gasteiger partial charge in [0.1, 0.15) is 0 Å². The fourth-order valence-corrected chi connectivity index (χ4v) is 1.73. The van der Waals surface area contributed by atoms with Crippen LogP contribution in [0.2, 0.25) is 0 Å². The number of ether oxygens (including phenoxy) is 1. The lowest BCUT2D eigenvalue weighted by molar-refractivity contribution is 0.155. The normalized spacial score (nSPS) is 11.8. The van der Waals surface area contributed by atoms with Crippen molar-refractivity contribution in [2.24, 2.45) is 0 Å². The quantitative estimate of drug-likeness (QED) is 0.828. The second-order valence-corrected chi connectivity index (χ2v) is 4.26. The molecule has 0 aliphatic rings. The molecular weight excluding hydrogens is 233 g/mol. The number of methoxy groups -OCH3 is 1. The van der Waals surface area contributed by atoms with E-state index in [0.29, 0.717) is 11.4 Å². The minimum absolute atomic E-state index is 0.0595. The van der Waals surface area contributed by atoms with Crippen LogP contribution in [0.5, 0.6) is 5.88 Å². The van der Waals surface area contributed by atoms with Crippen molar-refractivity contribution in [3.8, 4) is 17.3 Å². The lowest BCUT2D eigenvalue weighted by atomic mass is 10.2. The molecule has 0 aliphatic heterocycles. The SMILES string of the molecule is COc1nscc1-c1noc(C(C)(C)F)n1. The number of hydrogen-bond donors (Lipinski definition) is 0. The van der Waals surface area contributed by atoms with Gasteiger partial charge in [0.25, 0.3) is 5.89 Å². The smallest absolute Gasteiger partial charge is 0.264 e. The zero-order valence-electron chi connectivity index (χ0n) is 9.02. The van der Waals surface area contributed by atoms with E-state index in [0.717, 1.165) is 0 Å². The molecule has 0 saturated heterocycles. The minimum Gasteiger partial charge on any atom is -0.480 e. The molecule has 0 saturated carbocycles. The van der Waals surface area contributed by atoms with Crippen molar-refractivity contribution in [2.45, 2.75) is 19.5 Å². The second-order valence-electron chi connectivity index (χ2n) is 3.63. The molecular formula is C9H10FN3O2S. The molecule has 0 bridgehead atoms. The number of halogens is 1. The van der Waals surface area contributed by atoms with E-state index < -0.39 is 5.67 Å². The fourth-order valence-electron chi connectivity index (χ4n) is 1.10. The van der Waals surface area contributed by atoms with Gasteiger partial charge in [0, 0.05) is 5.38 Å². The molecule has 86 valence electrons. The van der Waals surface area contributed by atoms with E-state index >= 15 is 0 Å². The Kier molecular flexibility index (Phi) is 2.63. The highest BCUT2D eigenvalue weighted by Crippen LogP contribution is 2.30. The molecule has 0 atom stereocenters. The van der Waals surface area contributed by atoms with E-state index in [9.17, 15) is 4.39 Å². The number of nitrogens with zero attached hydrogens (tertiary/aromatic N) is 3. The van der Waals surface area contributed by atoms with Crippen LogP contribution in [-0.4, -0.2) is 21.6 Å². The van der Waals surface area contributed by atoms with Crippen molar-refractivity contribution in [3.63, 3.8) is 0 Å². The molecule has 2 aromatic heterocycles. The van der Waals surface area contributed by atoms with Gasteiger partial charge >= 0.3 is 0 Å². The van der Waals surface area contributed by atoms with E-state index in [2.05, 4.69) is 14.5 Å². The van der Waals surface area contributed by atoms with Gasteiger partial charge in [0.05, 0.1) is 12.7 Å². The van der Waals surface area contributed by atoms with Gasteiger partial charge in [-0.1, -0.05) is 5.16 Å². The van der Waals surface area contributed by atoms with E-state index in [1.165, 1.54) is 32.5 Å². The average molecular weight is 243 g/mol. The Balaban J connectivity index is 2.39. The lowest BCUT2D eigenvalue weighted by Gasteiger charge is -2.05. The van der Waals surface area contributed by atoms with Crippen LogP contribution in [0.25, 0.3) is 11.4 Å². The monoisotopic (exact) mass is 243 g/mol. The maximum absolute atomic E-state index is 13.5. The van der Waals surface area contributed by atoms with Crippen molar-refractivity contribution < 1.29 is 13.7 Å². The molecule has 0 aliphatic carbocycles. The fraction of sp³-hybridized carbons (Fsp3) is 0.444. The van der Waals surface area contributed by atoms with Gasteiger partial charge < -0.3 is 9.26 Å². The molecule has 2 heterocycles. The summed E-state index contributed by atoms with van der Waals surface area (Å²) in [5.74, 6) is 0.635. The molecule has 0 spiro atoms. The predicted molar refractivity (Wildman–Crippen MR) is 56.1 cm³/mol. The largest absolute Gasteiger partial charge is 0.480 e. The summed E-state index contributed by atoms with van der Waals surface area (Å²) < 4.78 is 27.4. The van der Waals surface area contributed by atoms with Gasteiger partial charge in [0.2, 0.25) is 11.7 Å². The van der Waals surface area contributed by atoms with Gasteiger partial charge in [0.15, 0.2) is 5.67 Å². The molecule has 7 heteroatoms. The highest BCUT2D eigenvalue weighted by molar-refractivity contribution is 7.04. The van der Waals surface area contributed by atoms with Gasteiger partial charge in [-0.3, -0.25) is 0 Å². The highest BCUT2D eigenvalue weighted by Gasteiger charge is 2.28. The van der Waals surface area contributed by atoms with Crippen LogP contribution in [0, 0.1) is 0 Å². The molecule has 16 heavy (non-hydrogen) atoms. The maximum Gasteiger partial charge on any atom is 0.264 e. The molecule has 0 N–H and O–H groups in total. The third-order valence-corrected chi connectivity index (χ3v) is 2.52. The third kappa shape index (κ3) is 1.90. The first-order valence-corrected chi connectivity index (χ1v) is 5.38. The molecule has 0 unspecified atom stereocenters. The second kappa shape index (κ2) is 3.82. The molecule has 0 radical (unpaired) electrons. The third-order valence-electron chi connectivity index (χ3n) is 1.91. The van der Waals surface area contributed by atoms with E-state index in [1.54, 1.807) is 5.38 Å². The van der Waals surface area contributed by atoms with Crippen LogP contribution < -0.4 is 4.74 Å². The Morgan fingerprint density at radius 1 is 1.50 bits per heavy atom. The van der Waals surface area contributed by atoms with E-state index in [1.807, 2.05) is 0 Å². The number of rotatable bonds is 3. The van der Waals surface area contributed by atoms with Gasteiger partial charge in [-0.25, -0.2) is 4.39 Å². The van der Waals surface area contributed by atoms with Crippen molar-refractivity contribution in [2.75, 3.05) is 7.11 Å². The summed E-state index contributed by atoms with van der Waals surface area (Å²) >= 11 is 1.21. The van der Waals surface area contributed by atoms with Crippen LogP contribution in [-0.2, 0) is 5.67 Å². The highest BCUT2D eigenvalue weighted by atomic mass is 32.1. The van der Waals surface area contributed by atoms with E-state index in [-0.39, 0.29) is 11.7 Å². The minimum atomic E-state index is -1.65. The van der Waals surface area contributed by atoms with Crippen molar-refractivity contribution in [1.82, 2.24) is 14.5 Å². The predicted octanol–water partition coefficient (Wildman–Crippen LogP) is 2.41. The summed E-state index contributed by atoms with van der Waals surface area (Å²) in [5.41, 5.74) is -1.05. The van der Waals surface area contributed by atoms with Crippen molar-refractivity contribution in [3.05, 3.63) is 11.3 Å². The molecule has 2 rings (SSSR count). The summed E-state index contributed by atoms with van der Waals surface area (Å²) in [6.45, 7) is 2.71. The Morgan fingerprint density at radius 3 is 2.81 bits per heavy atom. The van der Waals surface area contributed by atoms with Crippen molar-refractivity contribution in [1.29, 1.82) is 0 Å². The summed E-state index contributed by atoms with van der Waals surface area (Å²) in [5, 5.41) is 5.42. The first-order valence-electron chi connectivity index (χ1n) is 4.54. The van der Waals surface area contributed by atoms with Gasteiger partial charge in [-0.05, 0) is 25.4 Å². The van der Waals surface area contributed by atoms with Crippen LogP contribution >= 0.6 is 11.5 Å². The van der Waals surface area contributed by atoms with Gasteiger partial charge in [-0.15, -0.1) is 0 Å². The van der Waals surface area contributed by atoms with Crippen LogP contribution in [0.4, 0.5) is 4.39 Å². The zero-order chi connectivity index (χ0) is 11.8. The molecule has 0 aromatic carbocycles. The first kappa shape index (κ1) is 11.0. The molecule has 0 amide bonds. The van der Waals surface area contributed by atoms with Gasteiger partial charge in [-0.2, -0.15) is 9.36 Å². The summed E-state index contributed by atoms with van der Waals surface area (Å²) in [6, 6.07) is 0. The Bertz CT molecular complexity index is 489. The number of aromatic nitrogens is 3. The first-order chi connectivity index (χ1) is 7.52. The average Bonchev–Trinajstić information content (AvgIpc) is 2.84. The maximum atomic E-state index is 13.5. The Labute approximate surface area is 95.4 Å². The number of hydrogen-bond acceptors (Lipinski definition) is 6. The topological polar surface area (TPSA) is 61.0 Å². The summed E-state index contributed by atoms with van der Waals surface area (Å²) in [7, 11) is 1.50. The van der Waals surface area contributed by atoms with Crippen LogP contribution in [0.3, 0.4) is 0 Å². The van der Waals surface area contributed by atoms with E-state index in [4.69, 9.17) is 9.26 Å². The number of alkyl halides is 1. The standard InChI is InChI=1S/C9H10FN3O2S/c1-9(2,10)8-11-6(12-15-8)5-4-16-13-7(5)14-3/h4H,1-3H3. The molecule has 5 nitrogen and oxygen atoms in total. The van der Waals surface area contributed by atoms with Crippen LogP contribution in [0.1, 0.15) is 19.7 Å². The molecule has 2 aromatic rings. The van der Waals surface area contributed by atoms with Crippen molar-refractivity contribution >= 4 is 11.5 Å². The molecule has 0 fully saturated rings. The zero-order valence-corrected chi connectivity index (χ0v) is 9.84. The lowest BCUT2D eigenvalue weighted by Crippen LogP contribution is -2.09. The Hall–Kier alpha value is -1.50. The Morgan fingerprint density at radius 2 is 2.25 bits per heavy atom. The summed E-state index contributed by atoms with van der Waals surface area (Å²) in [6.07, 6.45) is 0. The summed E-state index contributed by atoms with van der Waals surface area (Å²) in [4.78, 5) is 3.97.